The maximum absolute atomic E-state index is 6.30. The predicted octanol–water partition coefficient (Wildman–Crippen LogP) is 5.40. The summed E-state index contributed by atoms with van der Waals surface area (Å²) in [6.45, 7) is 4.96. The van der Waals surface area contributed by atoms with Crippen molar-refractivity contribution in [3.05, 3.63) is 69.2 Å². The van der Waals surface area contributed by atoms with Gasteiger partial charge < -0.3 is 5.73 Å². The molecule has 1 atom stereocenters. The van der Waals surface area contributed by atoms with Crippen LogP contribution in [-0.4, -0.2) is 6.54 Å². The Kier molecular flexibility index (Phi) is 5.69. The largest absolute Gasteiger partial charge is 0.330 e. The first-order valence-corrected chi connectivity index (χ1v) is 8.00. The van der Waals surface area contributed by atoms with Gasteiger partial charge in [0.15, 0.2) is 0 Å². The second kappa shape index (κ2) is 7.31. The summed E-state index contributed by atoms with van der Waals surface area (Å²) in [6.07, 6.45) is 0.885. The summed E-state index contributed by atoms with van der Waals surface area (Å²) in [5, 5.41) is 1.34. The van der Waals surface area contributed by atoms with Crippen molar-refractivity contribution >= 4 is 23.2 Å². The monoisotopic (exact) mass is 321 g/mol. The van der Waals surface area contributed by atoms with Gasteiger partial charge in [-0.15, -0.1) is 0 Å². The fourth-order valence-electron chi connectivity index (χ4n) is 2.48. The van der Waals surface area contributed by atoms with E-state index in [2.05, 4.69) is 38.1 Å². The summed E-state index contributed by atoms with van der Waals surface area (Å²) in [4.78, 5) is 0. The highest BCUT2D eigenvalue weighted by molar-refractivity contribution is 6.35. The first-order valence-electron chi connectivity index (χ1n) is 7.25. The number of hydrogen-bond donors (Lipinski definition) is 1. The third-order valence-electron chi connectivity index (χ3n) is 3.82. The van der Waals surface area contributed by atoms with E-state index in [0.29, 0.717) is 22.5 Å². The van der Waals surface area contributed by atoms with Gasteiger partial charge in [0.25, 0.3) is 0 Å². The van der Waals surface area contributed by atoms with Crippen LogP contribution in [0.1, 0.15) is 42.4 Å². The summed E-state index contributed by atoms with van der Waals surface area (Å²) < 4.78 is 0. The highest BCUT2D eigenvalue weighted by Gasteiger charge is 2.14. The molecule has 2 aromatic rings. The van der Waals surface area contributed by atoms with E-state index in [0.717, 1.165) is 12.0 Å². The van der Waals surface area contributed by atoms with E-state index in [-0.39, 0.29) is 5.92 Å². The molecule has 0 bridgehead atoms. The molecule has 0 amide bonds. The van der Waals surface area contributed by atoms with Crippen molar-refractivity contribution in [2.75, 3.05) is 6.54 Å². The molecule has 1 nitrogen and oxygen atoms in total. The van der Waals surface area contributed by atoms with Gasteiger partial charge in [-0.1, -0.05) is 67.4 Å². The van der Waals surface area contributed by atoms with Gasteiger partial charge in [-0.2, -0.15) is 0 Å². The van der Waals surface area contributed by atoms with Crippen LogP contribution in [0.25, 0.3) is 0 Å². The molecule has 0 aromatic heterocycles. The van der Waals surface area contributed by atoms with E-state index in [1.54, 1.807) is 6.07 Å². The van der Waals surface area contributed by atoms with Gasteiger partial charge in [0.05, 0.1) is 0 Å². The summed E-state index contributed by atoms with van der Waals surface area (Å²) in [5.41, 5.74) is 9.65. The highest BCUT2D eigenvalue weighted by atomic mass is 35.5. The Morgan fingerprint density at radius 3 is 2.19 bits per heavy atom. The molecule has 112 valence electrons. The molecule has 0 saturated heterocycles. The van der Waals surface area contributed by atoms with E-state index < -0.39 is 0 Å². The molecule has 0 aliphatic carbocycles. The maximum Gasteiger partial charge on any atom is 0.0456 e. The highest BCUT2D eigenvalue weighted by Crippen LogP contribution is 2.29. The quantitative estimate of drug-likeness (QED) is 0.783. The van der Waals surface area contributed by atoms with Crippen LogP contribution in [0.15, 0.2) is 42.5 Å². The molecule has 0 aliphatic rings. The van der Waals surface area contributed by atoms with Gasteiger partial charge >= 0.3 is 0 Å². The molecule has 0 heterocycles. The van der Waals surface area contributed by atoms with Gasteiger partial charge in [0.2, 0.25) is 0 Å². The van der Waals surface area contributed by atoms with Gasteiger partial charge in [-0.05, 0) is 47.7 Å². The number of halogens is 2. The molecular weight excluding hydrogens is 301 g/mol. The zero-order chi connectivity index (χ0) is 15.4. The van der Waals surface area contributed by atoms with Gasteiger partial charge in [0.1, 0.15) is 0 Å². The van der Waals surface area contributed by atoms with E-state index >= 15 is 0 Å². The van der Waals surface area contributed by atoms with E-state index in [9.17, 15) is 0 Å². The Bertz CT molecular complexity index is 591. The summed E-state index contributed by atoms with van der Waals surface area (Å²) in [5.74, 6) is 0.759. The Morgan fingerprint density at radius 2 is 1.67 bits per heavy atom. The van der Waals surface area contributed by atoms with E-state index in [4.69, 9.17) is 28.9 Å². The normalized spacial score (nSPS) is 12.7. The molecule has 2 aromatic carbocycles. The molecule has 0 spiro atoms. The summed E-state index contributed by atoms with van der Waals surface area (Å²) >= 11 is 12.3. The van der Waals surface area contributed by atoms with Gasteiger partial charge in [0, 0.05) is 16.0 Å². The zero-order valence-corrected chi connectivity index (χ0v) is 14.0. The molecule has 0 aliphatic heterocycles. The molecule has 21 heavy (non-hydrogen) atoms. The fourth-order valence-corrected chi connectivity index (χ4v) is 3.04. The molecule has 1 unspecified atom stereocenters. The summed E-state index contributed by atoms with van der Waals surface area (Å²) in [7, 11) is 0. The molecule has 2 N–H and O–H groups in total. The molecule has 3 heteroatoms. The van der Waals surface area contributed by atoms with Crippen LogP contribution in [0.3, 0.4) is 0 Å². The number of hydrogen-bond acceptors (Lipinski definition) is 1. The smallest absolute Gasteiger partial charge is 0.0456 e. The third kappa shape index (κ3) is 4.23. The predicted molar refractivity (Wildman–Crippen MR) is 92.5 cm³/mol. The second-order valence-corrected chi connectivity index (χ2v) is 6.54. The minimum absolute atomic E-state index is 0.208. The minimum atomic E-state index is 0.208. The number of rotatable bonds is 5. The van der Waals surface area contributed by atoms with Crippen LogP contribution in [0.5, 0.6) is 0 Å². The third-order valence-corrected chi connectivity index (χ3v) is 4.38. The standard InChI is InChI=1S/C18H21Cl2N/c1-12(2)14-5-3-13(4-6-14)9-15(11-21)17-8-7-16(19)10-18(17)20/h3-8,10,12,15H,9,11,21H2,1-2H3. The lowest BCUT2D eigenvalue weighted by molar-refractivity contribution is 0.694. The average molecular weight is 322 g/mol. The van der Waals surface area contributed by atoms with Crippen LogP contribution in [0, 0.1) is 0 Å². The molecule has 2 rings (SSSR count). The van der Waals surface area contributed by atoms with Crippen molar-refractivity contribution < 1.29 is 0 Å². The van der Waals surface area contributed by atoms with Crippen molar-refractivity contribution in [3.8, 4) is 0 Å². The molecule has 0 fully saturated rings. The zero-order valence-electron chi connectivity index (χ0n) is 12.4. The lowest BCUT2D eigenvalue weighted by Gasteiger charge is -2.17. The SMILES string of the molecule is CC(C)c1ccc(CC(CN)c2ccc(Cl)cc2Cl)cc1. The van der Waals surface area contributed by atoms with Crippen LogP contribution < -0.4 is 5.73 Å². The molecule has 0 radical (unpaired) electrons. The average Bonchev–Trinajstić information content (AvgIpc) is 2.46. The Morgan fingerprint density at radius 1 is 1.00 bits per heavy atom. The van der Waals surface area contributed by atoms with Crippen molar-refractivity contribution in [2.24, 2.45) is 5.73 Å². The second-order valence-electron chi connectivity index (χ2n) is 5.70. The lowest BCUT2D eigenvalue weighted by Crippen LogP contribution is -2.15. The van der Waals surface area contributed by atoms with Crippen molar-refractivity contribution in [1.29, 1.82) is 0 Å². The van der Waals surface area contributed by atoms with Gasteiger partial charge in [-0.3, -0.25) is 0 Å². The van der Waals surface area contributed by atoms with Gasteiger partial charge in [-0.25, -0.2) is 0 Å². The molecular formula is C18H21Cl2N. The first kappa shape index (κ1) is 16.4. The van der Waals surface area contributed by atoms with Crippen molar-refractivity contribution in [1.82, 2.24) is 0 Å². The number of benzene rings is 2. The molecule has 0 saturated carbocycles. The van der Waals surface area contributed by atoms with Crippen molar-refractivity contribution in [3.63, 3.8) is 0 Å². The van der Waals surface area contributed by atoms with Crippen LogP contribution >= 0.6 is 23.2 Å². The number of nitrogens with two attached hydrogens (primary N) is 1. The summed E-state index contributed by atoms with van der Waals surface area (Å²) in [6, 6.07) is 14.4. The topological polar surface area (TPSA) is 26.0 Å². The van der Waals surface area contributed by atoms with Crippen LogP contribution in [-0.2, 0) is 6.42 Å². The van der Waals surface area contributed by atoms with E-state index in [1.807, 2.05) is 12.1 Å². The Labute approximate surface area is 137 Å². The maximum atomic E-state index is 6.30. The Balaban J connectivity index is 2.18. The lowest BCUT2D eigenvalue weighted by atomic mass is 9.91. The minimum Gasteiger partial charge on any atom is -0.330 e. The van der Waals surface area contributed by atoms with Crippen LogP contribution in [0.2, 0.25) is 10.0 Å². The fraction of sp³-hybridized carbons (Fsp3) is 0.333. The first-order chi connectivity index (χ1) is 10.0. The van der Waals surface area contributed by atoms with E-state index in [1.165, 1.54) is 11.1 Å². The van der Waals surface area contributed by atoms with Crippen LogP contribution in [0.4, 0.5) is 0 Å². The van der Waals surface area contributed by atoms with Crippen molar-refractivity contribution in [2.45, 2.75) is 32.1 Å². The Hall–Kier alpha value is -1.02.